The SMILES string of the molecule is CC(C)CN(CCC(N)=S)C(=O)C1Cc2ccccc21. The molecule has 0 spiro atoms. The zero-order valence-electron chi connectivity index (χ0n) is 12.1. The number of hydrogen-bond donors (Lipinski definition) is 1. The molecule has 20 heavy (non-hydrogen) atoms. The molecule has 1 aliphatic rings. The van der Waals surface area contributed by atoms with Crippen LogP contribution in [-0.2, 0) is 11.2 Å². The Kier molecular flexibility index (Phi) is 4.76. The van der Waals surface area contributed by atoms with E-state index in [1.807, 2.05) is 17.0 Å². The smallest absolute Gasteiger partial charge is 0.230 e. The number of carbonyl (C=O) groups excluding carboxylic acids is 1. The Morgan fingerprint density at radius 3 is 2.75 bits per heavy atom. The van der Waals surface area contributed by atoms with E-state index in [4.69, 9.17) is 18.0 Å². The molecule has 1 aliphatic carbocycles. The number of thiocarbonyl (C=S) groups is 1. The van der Waals surface area contributed by atoms with Gasteiger partial charge >= 0.3 is 0 Å². The summed E-state index contributed by atoms with van der Waals surface area (Å²) in [5.74, 6) is 0.686. The Morgan fingerprint density at radius 2 is 2.15 bits per heavy atom. The molecule has 1 aromatic rings. The van der Waals surface area contributed by atoms with Gasteiger partial charge in [-0.15, -0.1) is 0 Å². The summed E-state index contributed by atoms with van der Waals surface area (Å²) in [6, 6.07) is 8.18. The average molecular weight is 290 g/mol. The van der Waals surface area contributed by atoms with Gasteiger partial charge in [-0.05, 0) is 23.5 Å². The Labute approximate surface area is 126 Å². The molecule has 4 heteroatoms. The summed E-state index contributed by atoms with van der Waals surface area (Å²) in [5.41, 5.74) is 8.04. The van der Waals surface area contributed by atoms with E-state index in [2.05, 4.69) is 26.0 Å². The molecule has 1 unspecified atom stereocenters. The second kappa shape index (κ2) is 6.35. The van der Waals surface area contributed by atoms with Crippen LogP contribution in [-0.4, -0.2) is 28.9 Å². The van der Waals surface area contributed by atoms with E-state index in [1.54, 1.807) is 0 Å². The Morgan fingerprint density at radius 1 is 1.45 bits per heavy atom. The summed E-state index contributed by atoms with van der Waals surface area (Å²) < 4.78 is 0. The molecule has 1 atom stereocenters. The van der Waals surface area contributed by atoms with Crippen LogP contribution in [0, 0.1) is 5.92 Å². The van der Waals surface area contributed by atoms with Crippen LogP contribution in [0.1, 0.15) is 37.3 Å². The van der Waals surface area contributed by atoms with Crippen molar-refractivity contribution in [3.63, 3.8) is 0 Å². The molecule has 0 radical (unpaired) electrons. The highest BCUT2D eigenvalue weighted by molar-refractivity contribution is 7.80. The molecule has 2 N–H and O–H groups in total. The van der Waals surface area contributed by atoms with Gasteiger partial charge < -0.3 is 10.6 Å². The minimum Gasteiger partial charge on any atom is -0.393 e. The molecule has 0 heterocycles. The van der Waals surface area contributed by atoms with Crippen LogP contribution in [0.25, 0.3) is 0 Å². The highest BCUT2D eigenvalue weighted by Gasteiger charge is 2.34. The number of amides is 1. The minimum absolute atomic E-state index is 0.0243. The molecule has 0 saturated carbocycles. The summed E-state index contributed by atoms with van der Waals surface area (Å²) >= 11 is 4.92. The fraction of sp³-hybridized carbons (Fsp3) is 0.500. The third-order valence-corrected chi connectivity index (χ3v) is 3.88. The van der Waals surface area contributed by atoms with Crippen LogP contribution < -0.4 is 5.73 Å². The van der Waals surface area contributed by atoms with E-state index in [-0.39, 0.29) is 11.8 Å². The summed E-state index contributed by atoms with van der Waals surface area (Å²) in [4.78, 5) is 15.1. The third kappa shape index (κ3) is 3.37. The van der Waals surface area contributed by atoms with Crippen molar-refractivity contribution in [2.75, 3.05) is 13.1 Å². The first-order chi connectivity index (χ1) is 9.49. The fourth-order valence-corrected chi connectivity index (χ4v) is 2.77. The molecule has 3 nitrogen and oxygen atoms in total. The van der Waals surface area contributed by atoms with Crippen molar-refractivity contribution in [3.05, 3.63) is 35.4 Å². The van der Waals surface area contributed by atoms with Gasteiger partial charge in [0.2, 0.25) is 5.91 Å². The van der Waals surface area contributed by atoms with E-state index in [1.165, 1.54) is 11.1 Å². The average Bonchev–Trinajstić information content (AvgIpc) is 2.35. The van der Waals surface area contributed by atoms with E-state index < -0.39 is 0 Å². The van der Waals surface area contributed by atoms with Crippen LogP contribution in [0.4, 0.5) is 0 Å². The van der Waals surface area contributed by atoms with Crippen LogP contribution in [0.2, 0.25) is 0 Å². The van der Waals surface area contributed by atoms with Gasteiger partial charge in [0.05, 0.1) is 10.9 Å². The first kappa shape index (κ1) is 15.0. The molecule has 0 bridgehead atoms. The molecule has 1 amide bonds. The maximum Gasteiger partial charge on any atom is 0.230 e. The Hall–Kier alpha value is -1.42. The molecule has 0 saturated heterocycles. The molecule has 108 valence electrons. The normalized spacial score (nSPS) is 16.4. The lowest BCUT2D eigenvalue weighted by Gasteiger charge is -2.34. The first-order valence-corrected chi connectivity index (χ1v) is 7.54. The Balaban J connectivity index is 2.05. The van der Waals surface area contributed by atoms with Gasteiger partial charge in [0.1, 0.15) is 0 Å². The predicted octanol–water partition coefficient (Wildman–Crippen LogP) is 2.49. The van der Waals surface area contributed by atoms with E-state index >= 15 is 0 Å². The minimum atomic E-state index is 0.0243. The lowest BCUT2D eigenvalue weighted by Crippen LogP contribution is -2.42. The highest BCUT2D eigenvalue weighted by atomic mass is 32.1. The van der Waals surface area contributed by atoms with Gasteiger partial charge in [0, 0.05) is 19.5 Å². The third-order valence-electron chi connectivity index (χ3n) is 3.68. The molecule has 0 aromatic heterocycles. The maximum absolute atomic E-state index is 12.7. The lowest BCUT2D eigenvalue weighted by atomic mass is 9.76. The van der Waals surface area contributed by atoms with Gasteiger partial charge in [0.25, 0.3) is 0 Å². The van der Waals surface area contributed by atoms with Crippen molar-refractivity contribution in [1.29, 1.82) is 0 Å². The monoisotopic (exact) mass is 290 g/mol. The number of nitrogens with zero attached hydrogens (tertiary/aromatic N) is 1. The second-order valence-electron chi connectivity index (χ2n) is 5.85. The maximum atomic E-state index is 12.7. The van der Waals surface area contributed by atoms with Gasteiger partial charge in [-0.2, -0.15) is 0 Å². The summed E-state index contributed by atoms with van der Waals surface area (Å²) in [5, 5.41) is 0. The van der Waals surface area contributed by atoms with Gasteiger partial charge in [-0.3, -0.25) is 4.79 Å². The number of carbonyl (C=O) groups is 1. The standard InChI is InChI=1S/C16H22N2OS/c1-11(2)10-18(8-7-15(17)20)16(19)14-9-12-5-3-4-6-13(12)14/h3-6,11,14H,7-10H2,1-2H3,(H2,17,20). The number of fused-ring (bicyclic) bond motifs is 1. The number of nitrogens with two attached hydrogens (primary N) is 1. The van der Waals surface area contributed by atoms with E-state index in [9.17, 15) is 4.79 Å². The molecule has 1 aromatic carbocycles. The zero-order chi connectivity index (χ0) is 14.7. The summed E-state index contributed by atoms with van der Waals surface area (Å²) in [6.45, 7) is 5.64. The number of hydrogen-bond acceptors (Lipinski definition) is 2. The summed E-state index contributed by atoms with van der Waals surface area (Å²) in [7, 11) is 0. The van der Waals surface area contributed by atoms with Gasteiger partial charge in [-0.25, -0.2) is 0 Å². The van der Waals surface area contributed by atoms with Gasteiger partial charge in [-0.1, -0.05) is 50.3 Å². The predicted molar refractivity (Wildman–Crippen MR) is 85.7 cm³/mol. The largest absolute Gasteiger partial charge is 0.393 e. The molecule has 2 rings (SSSR count). The van der Waals surface area contributed by atoms with Crippen molar-refractivity contribution in [1.82, 2.24) is 4.90 Å². The summed E-state index contributed by atoms with van der Waals surface area (Å²) in [6.07, 6.45) is 1.46. The lowest BCUT2D eigenvalue weighted by molar-refractivity contribution is -0.133. The quantitative estimate of drug-likeness (QED) is 0.819. The van der Waals surface area contributed by atoms with Crippen molar-refractivity contribution in [3.8, 4) is 0 Å². The number of benzene rings is 1. The van der Waals surface area contributed by atoms with Crippen LogP contribution in [0.3, 0.4) is 0 Å². The molecule has 0 aliphatic heterocycles. The van der Waals surface area contributed by atoms with Gasteiger partial charge in [0.15, 0.2) is 0 Å². The topological polar surface area (TPSA) is 46.3 Å². The molecule has 0 fully saturated rings. The van der Waals surface area contributed by atoms with Crippen LogP contribution in [0.15, 0.2) is 24.3 Å². The van der Waals surface area contributed by atoms with Crippen molar-refractivity contribution < 1.29 is 4.79 Å². The van der Waals surface area contributed by atoms with Crippen molar-refractivity contribution in [2.45, 2.75) is 32.6 Å². The highest BCUT2D eigenvalue weighted by Crippen LogP contribution is 2.36. The second-order valence-corrected chi connectivity index (χ2v) is 6.37. The van der Waals surface area contributed by atoms with Crippen molar-refractivity contribution >= 4 is 23.1 Å². The number of rotatable bonds is 6. The first-order valence-electron chi connectivity index (χ1n) is 7.14. The fourth-order valence-electron chi connectivity index (χ4n) is 2.68. The Bertz CT molecular complexity index is 513. The van der Waals surface area contributed by atoms with E-state index in [0.717, 1.165) is 13.0 Å². The van der Waals surface area contributed by atoms with E-state index in [0.29, 0.717) is 23.9 Å². The van der Waals surface area contributed by atoms with Crippen molar-refractivity contribution in [2.24, 2.45) is 11.7 Å². The van der Waals surface area contributed by atoms with Crippen LogP contribution >= 0.6 is 12.2 Å². The van der Waals surface area contributed by atoms with Crippen LogP contribution in [0.5, 0.6) is 0 Å². The molecular formula is C16H22N2OS. The molecular weight excluding hydrogens is 268 g/mol. The zero-order valence-corrected chi connectivity index (χ0v) is 13.0.